The number of pyridine rings is 1. The van der Waals surface area contributed by atoms with E-state index in [9.17, 15) is 13.2 Å². The van der Waals surface area contributed by atoms with Gasteiger partial charge < -0.3 is 0 Å². The molecule has 2 rings (SSSR count). The van der Waals surface area contributed by atoms with Gasteiger partial charge in [0.25, 0.3) is 0 Å². The van der Waals surface area contributed by atoms with Crippen LogP contribution in [0.5, 0.6) is 0 Å². The molecule has 0 atom stereocenters. The molecule has 0 amide bonds. The van der Waals surface area contributed by atoms with Crippen LogP contribution in [0.25, 0.3) is 11.3 Å². The fraction of sp³-hybridized carbons (Fsp3) is 0.200. The van der Waals surface area contributed by atoms with Gasteiger partial charge in [-0.2, -0.15) is 18.3 Å². The Balaban J connectivity index is 2.24. The summed E-state index contributed by atoms with van der Waals surface area (Å²) in [6.45, 7) is -1.10. The van der Waals surface area contributed by atoms with Crippen molar-refractivity contribution in [2.75, 3.05) is 0 Å². The number of hydrogen-bond donors (Lipinski definition) is 0. The molecule has 0 aliphatic rings. The Bertz CT molecular complexity index is 522. The van der Waals surface area contributed by atoms with Gasteiger partial charge in [-0.1, -0.05) is 6.07 Å². The zero-order chi connectivity index (χ0) is 12.5. The van der Waals surface area contributed by atoms with E-state index in [0.717, 1.165) is 4.68 Å². The number of halogens is 4. The summed E-state index contributed by atoms with van der Waals surface area (Å²) in [6.07, 6.45) is -1.59. The van der Waals surface area contributed by atoms with E-state index in [1.807, 2.05) is 0 Å². The molecular weight excluding hydrogens is 299 g/mol. The highest BCUT2D eigenvalue weighted by atomic mass is 79.9. The molecule has 0 radical (unpaired) electrons. The third-order valence-corrected chi connectivity index (χ3v) is 2.43. The van der Waals surface area contributed by atoms with Gasteiger partial charge in [0, 0.05) is 11.8 Å². The summed E-state index contributed by atoms with van der Waals surface area (Å²) in [6, 6.07) is 5.21. The Morgan fingerprint density at radius 1 is 1.29 bits per heavy atom. The summed E-state index contributed by atoms with van der Waals surface area (Å²) in [5.74, 6) is 0. The molecule has 2 aromatic heterocycles. The zero-order valence-corrected chi connectivity index (χ0v) is 10.0. The first-order valence-electron chi connectivity index (χ1n) is 4.66. The highest BCUT2D eigenvalue weighted by molar-refractivity contribution is 9.10. The maximum absolute atomic E-state index is 12.1. The number of nitrogens with zero attached hydrogens (tertiary/aromatic N) is 3. The largest absolute Gasteiger partial charge is 0.408 e. The van der Waals surface area contributed by atoms with Crippen molar-refractivity contribution in [3.8, 4) is 11.3 Å². The Morgan fingerprint density at radius 2 is 2.06 bits per heavy atom. The molecule has 7 heteroatoms. The van der Waals surface area contributed by atoms with Crippen LogP contribution in [0.1, 0.15) is 0 Å². The summed E-state index contributed by atoms with van der Waals surface area (Å²) in [5.41, 5.74) is 1.13. The van der Waals surface area contributed by atoms with Crippen molar-refractivity contribution in [2.45, 2.75) is 12.7 Å². The molecule has 0 N–H and O–H groups in total. The molecule has 17 heavy (non-hydrogen) atoms. The van der Waals surface area contributed by atoms with E-state index in [0.29, 0.717) is 15.9 Å². The lowest BCUT2D eigenvalue weighted by Gasteiger charge is -2.05. The fourth-order valence-corrected chi connectivity index (χ4v) is 1.68. The highest BCUT2D eigenvalue weighted by Crippen LogP contribution is 2.21. The van der Waals surface area contributed by atoms with Crippen LogP contribution < -0.4 is 0 Å². The quantitative estimate of drug-likeness (QED) is 0.797. The minimum atomic E-state index is -4.27. The summed E-state index contributed by atoms with van der Waals surface area (Å²) < 4.78 is 37.9. The normalized spacial score (nSPS) is 11.8. The Morgan fingerprint density at radius 3 is 2.71 bits per heavy atom. The first-order chi connectivity index (χ1) is 7.94. The Labute approximate surface area is 103 Å². The molecule has 0 aliphatic carbocycles. The van der Waals surface area contributed by atoms with Gasteiger partial charge in [-0.15, -0.1) is 0 Å². The summed E-state index contributed by atoms with van der Waals surface area (Å²) in [7, 11) is 0. The average molecular weight is 306 g/mol. The number of hydrogen-bond acceptors (Lipinski definition) is 2. The second-order valence-corrected chi connectivity index (χ2v) is 4.20. The smallest absolute Gasteiger partial charge is 0.263 e. The van der Waals surface area contributed by atoms with Crippen molar-refractivity contribution in [3.63, 3.8) is 0 Å². The van der Waals surface area contributed by atoms with Crippen LogP contribution >= 0.6 is 15.9 Å². The molecule has 0 aromatic carbocycles. The average Bonchev–Trinajstić information content (AvgIpc) is 2.63. The molecule has 90 valence electrons. The van der Waals surface area contributed by atoms with Crippen molar-refractivity contribution in [3.05, 3.63) is 35.2 Å². The monoisotopic (exact) mass is 305 g/mol. The van der Waals surface area contributed by atoms with Gasteiger partial charge in [-0.25, -0.2) is 4.98 Å². The summed E-state index contributed by atoms with van der Waals surface area (Å²) >= 11 is 3.20. The van der Waals surface area contributed by atoms with Crippen LogP contribution in [-0.4, -0.2) is 20.9 Å². The lowest BCUT2D eigenvalue weighted by atomic mass is 10.2. The van der Waals surface area contributed by atoms with E-state index in [4.69, 9.17) is 0 Å². The van der Waals surface area contributed by atoms with Gasteiger partial charge in [-0.3, -0.25) is 4.68 Å². The van der Waals surface area contributed by atoms with Crippen LogP contribution in [0.15, 0.2) is 35.2 Å². The second-order valence-electron chi connectivity index (χ2n) is 3.39. The SMILES string of the molecule is FC(F)(F)Cn1cc(-c2cccc(Br)n2)cn1. The predicted octanol–water partition coefficient (Wildman–Crippen LogP) is 3.27. The van der Waals surface area contributed by atoms with Gasteiger partial charge in [0.1, 0.15) is 11.1 Å². The van der Waals surface area contributed by atoms with Crippen molar-refractivity contribution in [1.29, 1.82) is 0 Å². The van der Waals surface area contributed by atoms with Crippen LogP contribution in [-0.2, 0) is 6.54 Å². The van der Waals surface area contributed by atoms with Gasteiger partial charge >= 0.3 is 6.18 Å². The van der Waals surface area contributed by atoms with E-state index in [1.54, 1.807) is 18.2 Å². The minimum Gasteiger partial charge on any atom is -0.263 e. The van der Waals surface area contributed by atoms with Gasteiger partial charge in [0.2, 0.25) is 0 Å². The standard InChI is InChI=1S/C10H7BrF3N3/c11-9-3-1-2-8(16-9)7-4-15-17(5-7)6-10(12,13)14/h1-5H,6H2. The molecule has 0 saturated heterocycles. The molecule has 3 nitrogen and oxygen atoms in total. The molecule has 0 fully saturated rings. The van der Waals surface area contributed by atoms with Crippen molar-refractivity contribution < 1.29 is 13.2 Å². The minimum absolute atomic E-state index is 0.551. The van der Waals surface area contributed by atoms with E-state index in [1.165, 1.54) is 12.4 Å². The maximum Gasteiger partial charge on any atom is 0.408 e. The lowest BCUT2D eigenvalue weighted by Crippen LogP contribution is -2.17. The zero-order valence-electron chi connectivity index (χ0n) is 8.45. The number of rotatable bonds is 2. The first kappa shape index (κ1) is 12.1. The predicted molar refractivity (Wildman–Crippen MR) is 59.2 cm³/mol. The fourth-order valence-electron chi connectivity index (χ4n) is 1.34. The first-order valence-corrected chi connectivity index (χ1v) is 5.45. The van der Waals surface area contributed by atoms with E-state index >= 15 is 0 Å². The van der Waals surface area contributed by atoms with Gasteiger partial charge in [0.15, 0.2) is 0 Å². The number of alkyl halides is 3. The van der Waals surface area contributed by atoms with E-state index < -0.39 is 12.7 Å². The molecule has 0 bridgehead atoms. The third kappa shape index (κ3) is 3.29. The Kier molecular flexibility index (Phi) is 3.19. The van der Waals surface area contributed by atoms with E-state index in [2.05, 4.69) is 26.0 Å². The molecule has 2 aromatic rings. The van der Waals surface area contributed by atoms with Crippen molar-refractivity contribution in [1.82, 2.24) is 14.8 Å². The molecular formula is C10H7BrF3N3. The Hall–Kier alpha value is -1.37. The third-order valence-electron chi connectivity index (χ3n) is 1.99. The summed E-state index contributed by atoms with van der Waals surface area (Å²) in [4.78, 5) is 4.14. The van der Waals surface area contributed by atoms with Crippen molar-refractivity contribution >= 4 is 15.9 Å². The molecule has 0 unspecified atom stereocenters. The lowest BCUT2D eigenvalue weighted by molar-refractivity contribution is -0.142. The van der Waals surface area contributed by atoms with Crippen LogP contribution in [0, 0.1) is 0 Å². The molecule has 0 saturated carbocycles. The maximum atomic E-state index is 12.1. The molecule has 0 aliphatic heterocycles. The van der Waals surface area contributed by atoms with Gasteiger partial charge in [0.05, 0.1) is 11.9 Å². The van der Waals surface area contributed by atoms with Crippen LogP contribution in [0.2, 0.25) is 0 Å². The molecule has 2 heterocycles. The van der Waals surface area contributed by atoms with E-state index in [-0.39, 0.29) is 0 Å². The van der Waals surface area contributed by atoms with Gasteiger partial charge in [-0.05, 0) is 28.1 Å². The molecule has 0 spiro atoms. The van der Waals surface area contributed by atoms with Crippen LogP contribution in [0.4, 0.5) is 13.2 Å². The summed E-state index contributed by atoms with van der Waals surface area (Å²) in [5, 5.41) is 3.65. The topological polar surface area (TPSA) is 30.7 Å². The second kappa shape index (κ2) is 4.48. The highest BCUT2D eigenvalue weighted by Gasteiger charge is 2.28. The van der Waals surface area contributed by atoms with Crippen LogP contribution in [0.3, 0.4) is 0 Å². The van der Waals surface area contributed by atoms with Crippen molar-refractivity contribution in [2.24, 2.45) is 0 Å². The number of aromatic nitrogens is 3.